The van der Waals surface area contributed by atoms with Crippen molar-refractivity contribution in [2.24, 2.45) is 41.1 Å². The summed E-state index contributed by atoms with van der Waals surface area (Å²) in [5.41, 5.74) is 18.3. The van der Waals surface area contributed by atoms with E-state index in [0.29, 0.717) is 18.4 Å². The van der Waals surface area contributed by atoms with Crippen LogP contribution in [0, 0.1) is 29.6 Å². The van der Waals surface area contributed by atoms with Crippen LogP contribution in [0.3, 0.4) is 0 Å². The van der Waals surface area contributed by atoms with Gasteiger partial charge < -0.3 is 95.4 Å². The first-order valence-corrected chi connectivity index (χ1v) is 37.3. The van der Waals surface area contributed by atoms with Crippen molar-refractivity contribution in [3.63, 3.8) is 0 Å². The van der Waals surface area contributed by atoms with Crippen LogP contribution < -0.4 is 70.4 Å². The van der Waals surface area contributed by atoms with Gasteiger partial charge in [0.15, 0.2) is 29.2 Å². The molecule has 11 amide bonds. The molecule has 13 atom stereocenters. The number of cyclic esters (lactones) is 1. The van der Waals surface area contributed by atoms with Crippen molar-refractivity contribution in [2.45, 2.75) is 217 Å². The Balaban J connectivity index is 1.55. The van der Waals surface area contributed by atoms with Gasteiger partial charge in [0.25, 0.3) is 0 Å². The highest BCUT2D eigenvalue weighted by molar-refractivity contribution is 6.16. The molecule has 111 heavy (non-hydrogen) atoms. The summed E-state index contributed by atoms with van der Waals surface area (Å²) in [6.45, 7) is 2.58. The first-order chi connectivity index (χ1) is 52.6. The number of para-hydroxylation sites is 2. The van der Waals surface area contributed by atoms with Crippen LogP contribution >= 0.6 is 0 Å². The zero-order valence-corrected chi connectivity index (χ0v) is 63.1. The quantitative estimate of drug-likeness (QED) is 0.0224. The summed E-state index contributed by atoms with van der Waals surface area (Å²) in [6, 6.07) is -2.26. The maximum atomic E-state index is 14.8. The lowest BCUT2D eigenvalue weighted by atomic mass is 9.84. The molecule has 0 unspecified atom stereocenters. The lowest BCUT2D eigenvalue weighted by molar-refractivity contribution is -0.155. The number of nitrogens with one attached hydrogen (secondary N) is 11. The molecule has 1 aliphatic heterocycles. The number of carbonyl (C=O) groups excluding carboxylic acids is 16. The smallest absolute Gasteiger partial charge is 0.337 e. The number of H-pyrrole nitrogens is 1. The molecule has 608 valence electrons. The Hall–Kier alpha value is -11.0. The number of anilines is 1. The third-order valence-corrected chi connectivity index (χ3v) is 19.5. The number of benzene rings is 2. The topological polar surface area (TPSA) is 591 Å². The minimum absolute atomic E-state index is 0.0122. The summed E-state index contributed by atoms with van der Waals surface area (Å²) in [5.74, 6) is -27.3. The number of aromatic nitrogens is 1. The molecule has 2 fully saturated rings. The number of ether oxygens (including phenoxy) is 1. The van der Waals surface area contributed by atoms with Crippen molar-refractivity contribution in [1.82, 2.24) is 58.2 Å². The lowest BCUT2D eigenvalue weighted by Gasteiger charge is -2.29. The number of carboxylic acids is 2. The van der Waals surface area contributed by atoms with E-state index in [4.69, 9.17) is 21.9 Å². The number of hydrogen-bond donors (Lipinski definition) is 17. The summed E-state index contributed by atoms with van der Waals surface area (Å²) in [6.07, 6.45) is 3.89. The largest absolute Gasteiger partial charge is 0.481 e. The van der Waals surface area contributed by atoms with Gasteiger partial charge in [-0.3, -0.25) is 81.5 Å². The van der Waals surface area contributed by atoms with E-state index in [-0.39, 0.29) is 37.4 Å². The fourth-order valence-corrected chi connectivity index (χ4v) is 13.0. The molecule has 3 aromatic rings. The normalized spacial score (nSPS) is 23.4. The van der Waals surface area contributed by atoms with E-state index >= 15 is 0 Å². The molecule has 1 saturated heterocycles. The highest BCUT2D eigenvalue weighted by Gasteiger charge is 2.42. The van der Waals surface area contributed by atoms with Crippen LogP contribution in [0.25, 0.3) is 10.9 Å². The highest BCUT2D eigenvalue weighted by atomic mass is 16.5. The van der Waals surface area contributed by atoms with E-state index in [9.17, 15) is 102 Å². The number of carboxylic acid groups (broad SMARTS) is 2. The number of hydrogen-bond acceptors (Lipinski definition) is 22. The number of aliphatic hydroxyl groups is 1. The van der Waals surface area contributed by atoms with Gasteiger partial charge in [-0.05, 0) is 75.8 Å². The minimum Gasteiger partial charge on any atom is -0.481 e. The number of carbonyl (C=O) groups is 18. The first kappa shape index (κ1) is 90.6. The molecule has 2 aromatic carbocycles. The predicted molar refractivity (Wildman–Crippen MR) is 398 cm³/mol. The SMILES string of the molecule is C[C@H](CC(=O)[C@@H](CC(N)=O)NC(=O)[C@H](Cc1c[nH]c2ccccc12)NC(=O)C1CCCCCCCCCCC1)C(=O)N[C@@H]1C(=O)NCC(=O)N[C@@H](CCCN)C(=O)N[C@@H](CC(=O)O)C(=O)C[C@H](C)C(=O)N[C@@H](C)C(=O)NCC(=O)N[C@H](CO)C(=O)C[C@@H]([C@H](C)CC(=O)O)C(=O)N[C@@H](C(=O)c2ccccc2N)C(=O)O[C@@H]1C. The number of nitrogen functional groups attached to an aromatic ring is 1. The molecule has 1 aromatic heterocycles. The second-order valence-electron chi connectivity index (χ2n) is 28.5. The predicted octanol–water partition coefficient (Wildman–Crippen LogP) is -0.870. The molecule has 2 aliphatic rings. The molecule has 36 nitrogen and oxygen atoms in total. The molecule has 1 saturated carbocycles. The van der Waals surface area contributed by atoms with Crippen LogP contribution in [0.15, 0.2) is 54.7 Å². The van der Waals surface area contributed by atoms with Crippen molar-refractivity contribution in [3.05, 3.63) is 65.9 Å². The maximum absolute atomic E-state index is 14.8. The summed E-state index contributed by atoms with van der Waals surface area (Å²) in [5, 5.41) is 54.4. The molecular weight excluding hydrogens is 1450 g/mol. The van der Waals surface area contributed by atoms with Crippen LogP contribution in [0.1, 0.15) is 173 Å². The average Bonchev–Trinajstić information content (AvgIpc) is 1.78. The van der Waals surface area contributed by atoms with Crippen LogP contribution in [-0.4, -0.2) is 207 Å². The average molecular weight is 1560 g/mol. The van der Waals surface area contributed by atoms with Gasteiger partial charge in [-0.15, -0.1) is 0 Å². The van der Waals surface area contributed by atoms with E-state index in [1.54, 1.807) is 18.3 Å². The van der Waals surface area contributed by atoms with Crippen molar-refractivity contribution in [3.8, 4) is 0 Å². The second kappa shape index (κ2) is 45.2. The fraction of sp³-hybridized carbons (Fsp3) is 0.573. The summed E-state index contributed by atoms with van der Waals surface area (Å²) in [7, 11) is 0. The monoisotopic (exact) mass is 1550 g/mol. The van der Waals surface area contributed by atoms with Gasteiger partial charge in [-0.2, -0.15) is 0 Å². The number of aromatic amines is 1. The minimum atomic E-state index is -2.53. The number of nitrogens with two attached hydrogens (primary N) is 3. The number of primary amides is 1. The van der Waals surface area contributed by atoms with E-state index < -0.39 is 248 Å². The van der Waals surface area contributed by atoms with Crippen molar-refractivity contribution >= 4 is 123 Å². The third-order valence-electron chi connectivity index (χ3n) is 19.5. The molecule has 20 N–H and O–H groups in total. The summed E-state index contributed by atoms with van der Waals surface area (Å²) < 4.78 is 5.73. The van der Waals surface area contributed by atoms with Crippen molar-refractivity contribution < 1.29 is 106 Å². The van der Waals surface area contributed by atoms with Gasteiger partial charge in [0.1, 0.15) is 36.3 Å². The molecule has 36 heteroatoms. The Morgan fingerprint density at radius 2 is 1.22 bits per heavy atom. The standard InChI is InChI=1S/C75H106N14O22/c1-39(30-62(97)98)48-32-58(93)55(38-90)84-61(96)36-80-69(104)42(4)82-67(102)40(2)28-57(92)53(34-63(99)100)86-72(107)51(26-19-27-76)83-60(95)37-81-74(109)64(43(5)111-75(110)65(89-71(48)106)66(101)47-23-15-17-24-49(47)77)88-68(103)41(3)29-56(91)52(33-59(78)94)85-73(108)54(31-45-35-79-50-25-18-16-22-46(45)50)87-70(105)44-20-13-11-9-7-6-8-10-12-14-21-44/h15-18,22-25,35,39-44,48,51-55,64-65,79,90H,6-14,19-21,26-34,36-38,76-77H2,1-5H3,(H2,78,94)(H,80,104)(H,81,109)(H,82,102)(H,83,95)(H,84,96)(H,85,108)(H,86,107)(H,87,105)(H,88,103)(H,89,106)(H,97,98)(H,99,100)/t39-,40+,41-,42+,43-,48+,51+,52-,53+,54+,55-,64+,65+/m1/s1. The Bertz CT molecular complexity index is 3850. The molecular formula is C75H106N14O22. The van der Waals surface area contributed by atoms with Gasteiger partial charge in [0.2, 0.25) is 65.0 Å². The second-order valence-corrected chi connectivity index (χ2v) is 28.5. The zero-order valence-electron chi connectivity index (χ0n) is 63.1. The van der Waals surface area contributed by atoms with E-state index in [1.807, 2.05) is 12.1 Å². The third kappa shape index (κ3) is 29.4. The van der Waals surface area contributed by atoms with E-state index in [2.05, 4.69) is 58.2 Å². The van der Waals surface area contributed by atoms with E-state index in [1.165, 1.54) is 45.9 Å². The Kier molecular flexibility index (Phi) is 36.9. The van der Waals surface area contributed by atoms with Crippen LogP contribution in [0.2, 0.25) is 0 Å². The molecule has 5 rings (SSSR count). The molecule has 0 bridgehead atoms. The van der Waals surface area contributed by atoms with E-state index in [0.717, 1.165) is 81.7 Å². The first-order valence-electron chi connectivity index (χ1n) is 37.3. The van der Waals surface area contributed by atoms with Gasteiger partial charge in [0.05, 0.1) is 44.6 Å². The van der Waals surface area contributed by atoms with Gasteiger partial charge in [0, 0.05) is 84.1 Å². The lowest BCUT2D eigenvalue weighted by Crippen LogP contribution is -2.58. The molecule has 0 spiro atoms. The van der Waals surface area contributed by atoms with Crippen LogP contribution in [-0.2, 0) is 92.7 Å². The summed E-state index contributed by atoms with van der Waals surface area (Å²) in [4.78, 5) is 253. The number of aliphatic hydroxyl groups excluding tert-OH is 1. The Labute approximate surface area is 641 Å². The van der Waals surface area contributed by atoms with Gasteiger partial charge in [-0.1, -0.05) is 109 Å². The fourth-order valence-electron chi connectivity index (χ4n) is 13.0. The van der Waals surface area contributed by atoms with Gasteiger partial charge >= 0.3 is 17.9 Å². The van der Waals surface area contributed by atoms with Crippen molar-refractivity contribution in [1.29, 1.82) is 0 Å². The number of rotatable bonds is 24. The van der Waals surface area contributed by atoms with Crippen molar-refractivity contribution in [2.75, 3.05) is 32.0 Å². The van der Waals surface area contributed by atoms with Gasteiger partial charge in [-0.25, -0.2) is 4.79 Å². The Morgan fingerprint density at radius 3 is 1.82 bits per heavy atom. The number of aliphatic carboxylic acids is 2. The highest BCUT2D eigenvalue weighted by Crippen LogP contribution is 2.26. The zero-order chi connectivity index (χ0) is 82.2. The Morgan fingerprint density at radius 1 is 0.622 bits per heavy atom. The molecule has 1 aliphatic carbocycles. The molecule has 2 heterocycles. The molecule has 0 radical (unpaired) electrons. The number of amides is 11. The number of fused-ring (bicyclic) bond motifs is 1. The van der Waals surface area contributed by atoms with Crippen LogP contribution in [0.4, 0.5) is 5.69 Å². The number of esters is 1. The maximum Gasteiger partial charge on any atom is 0.337 e. The number of ketones is 4. The summed E-state index contributed by atoms with van der Waals surface area (Å²) >= 11 is 0. The van der Waals surface area contributed by atoms with Crippen LogP contribution in [0.5, 0.6) is 0 Å². The number of Topliss-reactive ketones (excluding diaryl/α,β-unsaturated/α-hetero) is 4.